The first-order valence-electron chi connectivity index (χ1n) is 15.6. The summed E-state index contributed by atoms with van der Waals surface area (Å²) in [6.45, 7) is 13.4. The molecule has 0 aliphatic carbocycles. The second-order valence-electron chi connectivity index (χ2n) is 11.1. The van der Waals surface area contributed by atoms with Crippen molar-refractivity contribution in [3.05, 3.63) is 151 Å². The minimum atomic E-state index is 0.752. The molecule has 44 heavy (non-hydrogen) atoms. The number of fused-ring (bicyclic) bond motifs is 6. The molecular weight excluding hydrogens is 534 g/mol. The van der Waals surface area contributed by atoms with E-state index in [4.69, 9.17) is 4.99 Å². The summed E-state index contributed by atoms with van der Waals surface area (Å²) < 4.78 is 2.39. The number of benzene rings is 4. The van der Waals surface area contributed by atoms with Crippen molar-refractivity contribution >= 4 is 56.9 Å². The van der Waals surface area contributed by atoms with Gasteiger partial charge in [-0.25, -0.2) is 0 Å². The summed E-state index contributed by atoms with van der Waals surface area (Å²) >= 11 is 0. The van der Waals surface area contributed by atoms with Gasteiger partial charge in [-0.05, 0) is 59.9 Å². The average molecular weight is 574 g/mol. The Hall–Kier alpha value is -5.15. The Morgan fingerprint density at radius 2 is 1.57 bits per heavy atom. The van der Waals surface area contributed by atoms with Crippen LogP contribution >= 0.6 is 0 Å². The minimum Gasteiger partial charge on any atom is -0.307 e. The maximum absolute atomic E-state index is 5.30. The van der Waals surface area contributed by atoms with Gasteiger partial charge in [0.1, 0.15) is 5.84 Å². The van der Waals surface area contributed by atoms with E-state index < -0.39 is 0 Å². The molecule has 1 aliphatic heterocycles. The van der Waals surface area contributed by atoms with Crippen LogP contribution in [-0.2, 0) is 0 Å². The molecule has 218 valence electrons. The average Bonchev–Trinajstić information content (AvgIpc) is 3.30. The van der Waals surface area contributed by atoms with Crippen molar-refractivity contribution in [1.82, 2.24) is 4.57 Å². The monoisotopic (exact) mass is 573 g/mol. The van der Waals surface area contributed by atoms with Gasteiger partial charge in [-0.3, -0.25) is 9.56 Å². The molecule has 1 aromatic heterocycles. The van der Waals surface area contributed by atoms with Crippen LogP contribution in [0.25, 0.3) is 34.0 Å². The fourth-order valence-electron chi connectivity index (χ4n) is 6.04. The summed E-state index contributed by atoms with van der Waals surface area (Å²) in [6.07, 6.45) is 15.4. The number of hydrogen-bond acceptors (Lipinski definition) is 2. The highest BCUT2D eigenvalue weighted by Crippen LogP contribution is 2.47. The Morgan fingerprint density at radius 3 is 2.36 bits per heavy atom. The van der Waals surface area contributed by atoms with Crippen LogP contribution in [0.2, 0.25) is 0 Å². The number of rotatable bonds is 9. The maximum atomic E-state index is 5.30. The van der Waals surface area contributed by atoms with Gasteiger partial charge in [0.15, 0.2) is 0 Å². The topological polar surface area (TPSA) is 20.5 Å². The Bertz CT molecular complexity index is 1960. The van der Waals surface area contributed by atoms with Gasteiger partial charge in [0, 0.05) is 28.6 Å². The van der Waals surface area contributed by atoms with Crippen LogP contribution in [-0.4, -0.2) is 16.9 Å². The quantitative estimate of drug-likeness (QED) is 0.0729. The third-order valence-corrected chi connectivity index (χ3v) is 8.24. The molecule has 0 saturated carbocycles. The molecule has 5 aromatic rings. The number of aliphatic imine (C=N–C) groups is 1. The number of aromatic nitrogens is 1. The van der Waals surface area contributed by atoms with Crippen molar-refractivity contribution in [1.29, 1.82) is 0 Å². The first-order chi connectivity index (χ1) is 21.7. The fourth-order valence-corrected chi connectivity index (χ4v) is 6.04. The molecule has 2 heterocycles. The van der Waals surface area contributed by atoms with Crippen LogP contribution in [0, 0.1) is 0 Å². The maximum Gasteiger partial charge on any atom is 0.133 e. The Balaban J connectivity index is 1.74. The third-order valence-electron chi connectivity index (χ3n) is 8.24. The highest BCUT2D eigenvalue weighted by molar-refractivity contribution is 6.21. The van der Waals surface area contributed by atoms with E-state index in [9.17, 15) is 0 Å². The van der Waals surface area contributed by atoms with Crippen LogP contribution in [0.4, 0.5) is 17.1 Å². The Kier molecular flexibility index (Phi) is 8.56. The normalized spacial score (nSPS) is 13.4. The first-order valence-corrected chi connectivity index (χ1v) is 15.6. The molecule has 1 aliphatic rings. The van der Waals surface area contributed by atoms with Crippen LogP contribution in [0.15, 0.2) is 145 Å². The van der Waals surface area contributed by atoms with Gasteiger partial charge in [-0.1, -0.05) is 131 Å². The highest BCUT2D eigenvalue weighted by Gasteiger charge is 2.26. The Labute approximate surface area is 261 Å². The summed E-state index contributed by atoms with van der Waals surface area (Å²) in [4.78, 5) is 7.72. The van der Waals surface area contributed by atoms with E-state index in [-0.39, 0.29) is 0 Å². The lowest BCUT2D eigenvalue weighted by Crippen LogP contribution is -2.16. The third kappa shape index (κ3) is 5.38. The molecular formula is C41H39N3. The van der Waals surface area contributed by atoms with E-state index in [1.165, 1.54) is 16.3 Å². The molecule has 0 spiro atoms. The van der Waals surface area contributed by atoms with Gasteiger partial charge < -0.3 is 4.90 Å². The minimum absolute atomic E-state index is 0.752. The molecule has 0 unspecified atom stereocenters. The molecule has 0 atom stereocenters. The van der Waals surface area contributed by atoms with Crippen LogP contribution in [0.3, 0.4) is 0 Å². The first kappa shape index (κ1) is 28.9. The molecule has 0 fully saturated rings. The number of hydrogen-bond donors (Lipinski definition) is 0. The predicted octanol–water partition coefficient (Wildman–Crippen LogP) is 11.4. The van der Waals surface area contributed by atoms with Gasteiger partial charge in [-0.2, -0.15) is 0 Å². The molecule has 0 N–H and O–H groups in total. The lowest BCUT2D eigenvalue weighted by molar-refractivity contribution is 0.805. The van der Waals surface area contributed by atoms with Crippen molar-refractivity contribution in [2.75, 3.05) is 11.4 Å². The van der Waals surface area contributed by atoms with Gasteiger partial charge in [0.2, 0.25) is 0 Å². The standard InChI is InChI=1S/C41H39N3/c1-5-8-17-30(4)31(7-3)29-39(42-28-9-6-2)44-38-23-16-14-21-35(38)36-27-26-33-25-24-32-18-13-15-22-37(32)43(40(33)41(36)44)34-19-11-10-12-20-34/h5,8,10-27,29H,1,4,6-7,9,28H2,2-3H3. The van der Waals surface area contributed by atoms with E-state index in [1.54, 1.807) is 6.08 Å². The van der Waals surface area contributed by atoms with Crippen molar-refractivity contribution < 1.29 is 0 Å². The van der Waals surface area contributed by atoms with Gasteiger partial charge in [0.05, 0.1) is 22.4 Å². The molecule has 0 radical (unpaired) electrons. The Morgan fingerprint density at radius 1 is 0.818 bits per heavy atom. The number of unbranched alkanes of at least 4 members (excludes halogenated alkanes) is 1. The number of para-hydroxylation sites is 3. The lowest BCUT2D eigenvalue weighted by atomic mass is 10.0. The second-order valence-corrected chi connectivity index (χ2v) is 11.1. The van der Waals surface area contributed by atoms with Crippen molar-refractivity contribution in [2.45, 2.75) is 33.1 Å². The summed E-state index contributed by atoms with van der Waals surface area (Å²) in [5.74, 6) is 0.928. The fraction of sp³-hybridized carbons (Fsp3) is 0.146. The zero-order valence-electron chi connectivity index (χ0n) is 25.7. The molecule has 4 aromatic carbocycles. The van der Waals surface area contributed by atoms with Gasteiger partial charge in [-0.15, -0.1) is 0 Å². The van der Waals surface area contributed by atoms with Crippen molar-refractivity contribution in [2.24, 2.45) is 4.99 Å². The van der Waals surface area contributed by atoms with Gasteiger partial charge in [0.25, 0.3) is 0 Å². The lowest BCUT2D eigenvalue weighted by Gasteiger charge is -2.28. The second kappa shape index (κ2) is 13.0. The molecule has 3 heteroatoms. The van der Waals surface area contributed by atoms with Crippen LogP contribution in [0.1, 0.15) is 44.2 Å². The molecule has 3 nitrogen and oxygen atoms in total. The van der Waals surface area contributed by atoms with E-state index in [2.05, 4.69) is 146 Å². The molecule has 0 bridgehead atoms. The van der Waals surface area contributed by atoms with Crippen LogP contribution < -0.4 is 4.90 Å². The highest BCUT2D eigenvalue weighted by atomic mass is 15.2. The molecule has 0 saturated heterocycles. The summed E-state index contributed by atoms with van der Waals surface area (Å²) in [6, 6.07) is 32.6. The summed E-state index contributed by atoms with van der Waals surface area (Å²) in [5.41, 5.74) is 10.1. The number of nitrogens with zero attached hydrogens (tertiary/aromatic N) is 3. The zero-order valence-corrected chi connectivity index (χ0v) is 25.7. The largest absolute Gasteiger partial charge is 0.307 e. The number of anilines is 3. The summed E-state index contributed by atoms with van der Waals surface area (Å²) in [5, 5.41) is 2.41. The SMILES string of the molecule is C=CC=CC(=C)C(=CC(=NCCCC)n1c2ccccc2c2ccc3c(c21)N(c1ccccc1)c1ccccc1C=C3)CC. The van der Waals surface area contributed by atoms with E-state index in [1.807, 2.05) is 12.2 Å². The molecule has 0 amide bonds. The van der Waals surface area contributed by atoms with E-state index >= 15 is 0 Å². The van der Waals surface area contributed by atoms with Crippen LogP contribution in [0.5, 0.6) is 0 Å². The summed E-state index contributed by atoms with van der Waals surface area (Å²) in [7, 11) is 0. The smallest absolute Gasteiger partial charge is 0.133 e. The van der Waals surface area contributed by atoms with Crippen molar-refractivity contribution in [3.63, 3.8) is 0 Å². The molecule has 6 rings (SSSR count). The van der Waals surface area contributed by atoms with E-state index in [0.29, 0.717) is 0 Å². The van der Waals surface area contributed by atoms with Gasteiger partial charge >= 0.3 is 0 Å². The van der Waals surface area contributed by atoms with Crippen molar-refractivity contribution in [3.8, 4) is 0 Å². The number of allylic oxidation sites excluding steroid dienone is 6. The predicted molar refractivity (Wildman–Crippen MR) is 193 cm³/mol. The zero-order chi connectivity index (χ0) is 30.5. The van der Waals surface area contributed by atoms with E-state index in [0.717, 1.165) is 76.4 Å².